The number of carbonyl (C=O) groups excluding carboxylic acids is 2. The van der Waals surface area contributed by atoms with Gasteiger partial charge in [0, 0.05) is 37.9 Å². The van der Waals surface area contributed by atoms with Crippen LogP contribution in [0.1, 0.15) is 37.7 Å². The maximum atomic E-state index is 13.7. The highest BCUT2D eigenvalue weighted by atomic mass is 16.5. The molecule has 0 bridgehead atoms. The van der Waals surface area contributed by atoms with Crippen molar-refractivity contribution >= 4 is 23.1 Å². The number of amides is 2. The molecule has 6 nitrogen and oxygen atoms in total. The van der Waals surface area contributed by atoms with E-state index in [9.17, 15) is 9.59 Å². The average molecular weight is 446 g/mol. The number of benzene rings is 2. The monoisotopic (exact) mass is 445 g/mol. The molecule has 2 fully saturated rings. The SMILES string of the molecule is COc1ccc(C2=C(N3CCN(c4ccccc4)CC3)C(=O)N(C3CCCCC3)C2=O)cc1. The van der Waals surface area contributed by atoms with Crippen molar-refractivity contribution in [2.45, 2.75) is 38.1 Å². The summed E-state index contributed by atoms with van der Waals surface area (Å²) in [6, 6.07) is 17.9. The van der Waals surface area contributed by atoms with Crippen LogP contribution in [0.3, 0.4) is 0 Å². The lowest BCUT2D eigenvalue weighted by molar-refractivity contribution is -0.141. The molecule has 0 radical (unpaired) electrons. The van der Waals surface area contributed by atoms with Crippen LogP contribution in [-0.4, -0.2) is 60.9 Å². The summed E-state index contributed by atoms with van der Waals surface area (Å²) < 4.78 is 5.30. The molecule has 1 saturated heterocycles. The minimum Gasteiger partial charge on any atom is -0.497 e. The number of carbonyl (C=O) groups is 2. The van der Waals surface area contributed by atoms with Crippen LogP contribution in [0.4, 0.5) is 5.69 Å². The van der Waals surface area contributed by atoms with Gasteiger partial charge in [-0.25, -0.2) is 0 Å². The Morgan fingerprint density at radius 2 is 1.39 bits per heavy atom. The topological polar surface area (TPSA) is 53.1 Å². The van der Waals surface area contributed by atoms with E-state index in [2.05, 4.69) is 21.9 Å². The second-order valence-electron chi connectivity index (χ2n) is 9.03. The molecule has 6 heteroatoms. The van der Waals surface area contributed by atoms with Crippen molar-refractivity contribution in [3.8, 4) is 5.75 Å². The van der Waals surface area contributed by atoms with Crippen molar-refractivity contribution < 1.29 is 14.3 Å². The summed E-state index contributed by atoms with van der Waals surface area (Å²) in [5.74, 6) is 0.474. The van der Waals surface area contributed by atoms with Crippen molar-refractivity contribution in [1.29, 1.82) is 0 Å². The maximum Gasteiger partial charge on any atom is 0.278 e. The van der Waals surface area contributed by atoms with Crippen LogP contribution < -0.4 is 9.64 Å². The van der Waals surface area contributed by atoms with Crippen molar-refractivity contribution in [3.63, 3.8) is 0 Å². The molecule has 2 amide bonds. The van der Waals surface area contributed by atoms with E-state index in [1.165, 1.54) is 12.1 Å². The number of piperazine rings is 1. The normalized spacial score (nSPS) is 20.1. The van der Waals surface area contributed by atoms with Crippen LogP contribution in [0, 0.1) is 0 Å². The minimum absolute atomic E-state index is 0.00936. The van der Waals surface area contributed by atoms with Gasteiger partial charge in [-0.2, -0.15) is 0 Å². The lowest BCUT2D eigenvalue weighted by Gasteiger charge is -2.38. The zero-order valence-electron chi connectivity index (χ0n) is 19.2. The zero-order valence-corrected chi connectivity index (χ0v) is 19.2. The molecule has 2 aromatic rings. The number of anilines is 1. The van der Waals surface area contributed by atoms with Crippen molar-refractivity contribution in [1.82, 2.24) is 9.80 Å². The van der Waals surface area contributed by atoms with Gasteiger partial charge in [0.15, 0.2) is 0 Å². The zero-order chi connectivity index (χ0) is 22.8. The van der Waals surface area contributed by atoms with Gasteiger partial charge in [0.1, 0.15) is 11.4 Å². The maximum absolute atomic E-state index is 13.7. The van der Waals surface area contributed by atoms with E-state index in [4.69, 9.17) is 4.74 Å². The molecular weight excluding hydrogens is 414 g/mol. The molecule has 0 unspecified atom stereocenters. The Morgan fingerprint density at radius 1 is 0.758 bits per heavy atom. The Labute approximate surface area is 195 Å². The molecule has 1 aliphatic carbocycles. The summed E-state index contributed by atoms with van der Waals surface area (Å²) in [5, 5.41) is 0. The van der Waals surface area contributed by atoms with E-state index in [0.29, 0.717) is 24.4 Å². The van der Waals surface area contributed by atoms with E-state index in [-0.39, 0.29) is 17.9 Å². The van der Waals surface area contributed by atoms with Gasteiger partial charge < -0.3 is 14.5 Å². The third-order valence-electron chi connectivity index (χ3n) is 7.13. The first-order valence-corrected chi connectivity index (χ1v) is 12.0. The largest absolute Gasteiger partial charge is 0.497 e. The molecular formula is C27H31N3O3. The smallest absolute Gasteiger partial charge is 0.278 e. The van der Waals surface area contributed by atoms with E-state index in [1.807, 2.05) is 42.5 Å². The summed E-state index contributed by atoms with van der Waals surface area (Å²) >= 11 is 0. The number of hydrogen-bond donors (Lipinski definition) is 0. The van der Waals surface area contributed by atoms with Crippen molar-refractivity contribution in [2.24, 2.45) is 0 Å². The predicted molar refractivity (Wildman–Crippen MR) is 129 cm³/mol. The molecule has 0 aromatic heterocycles. The van der Waals surface area contributed by atoms with E-state index in [0.717, 1.165) is 50.1 Å². The quantitative estimate of drug-likeness (QED) is 0.653. The Morgan fingerprint density at radius 3 is 2.03 bits per heavy atom. The second kappa shape index (κ2) is 9.30. The third kappa shape index (κ3) is 4.10. The summed E-state index contributed by atoms with van der Waals surface area (Å²) in [6.07, 6.45) is 5.14. The van der Waals surface area contributed by atoms with Crippen LogP contribution >= 0.6 is 0 Å². The highest BCUT2D eigenvalue weighted by Crippen LogP contribution is 2.37. The van der Waals surface area contributed by atoms with Crippen LogP contribution in [0.25, 0.3) is 5.57 Å². The molecule has 0 spiro atoms. The van der Waals surface area contributed by atoms with Gasteiger partial charge in [-0.1, -0.05) is 49.6 Å². The molecule has 33 heavy (non-hydrogen) atoms. The van der Waals surface area contributed by atoms with E-state index in [1.54, 1.807) is 12.0 Å². The first kappa shape index (κ1) is 21.6. The van der Waals surface area contributed by atoms with Gasteiger partial charge in [0.25, 0.3) is 11.8 Å². The van der Waals surface area contributed by atoms with Gasteiger partial charge in [0.05, 0.1) is 12.7 Å². The third-order valence-corrected chi connectivity index (χ3v) is 7.13. The van der Waals surface area contributed by atoms with Crippen LogP contribution in [0.5, 0.6) is 5.75 Å². The second-order valence-corrected chi connectivity index (χ2v) is 9.03. The Bertz CT molecular complexity index is 1030. The first-order chi connectivity index (χ1) is 16.2. The van der Waals surface area contributed by atoms with E-state index >= 15 is 0 Å². The molecule has 2 aliphatic heterocycles. The predicted octanol–water partition coefficient (Wildman–Crippen LogP) is 3.93. The summed E-state index contributed by atoms with van der Waals surface area (Å²) in [6.45, 7) is 3.05. The highest BCUT2D eigenvalue weighted by molar-refractivity contribution is 6.35. The van der Waals surface area contributed by atoms with Crippen LogP contribution in [0.15, 0.2) is 60.3 Å². The minimum atomic E-state index is -0.141. The molecule has 0 atom stereocenters. The highest BCUT2D eigenvalue weighted by Gasteiger charge is 2.45. The summed E-state index contributed by atoms with van der Waals surface area (Å²) in [7, 11) is 1.63. The molecule has 172 valence electrons. The number of para-hydroxylation sites is 1. The standard InChI is InChI=1S/C27H31N3O3/c1-33-23-14-12-20(13-15-23)24-25(27(32)30(26(24)31)22-10-6-3-7-11-22)29-18-16-28(17-19-29)21-8-4-2-5-9-21/h2,4-5,8-9,12-15,22H,3,6-7,10-11,16-19H2,1H3. The number of ether oxygens (including phenoxy) is 1. The lowest BCUT2D eigenvalue weighted by Crippen LogP contribution is -2.48. The van der Waals surface area contributed by atoms with Gasteiger partial charge >= 0.3 is 0 Å². The molecule has 2 aromatic carbocycles. The fourth-order valence-corrected chi connectivity index (χ4v) is 5.34. The fourth-order valence-electron chi connectivity index (χ4n) is 5.34. The Balaban J connectivity index is 1.45. The molecule has 5 rings (SSSR count). The first-order valence-electron chi connectivity index (χ1n) is 12.0. The lowest BCUT2D eigenvalue weighted by atomic mass is 9.94. The van der Waals surface area contributed by atoms with Crippen LogP contribution in [-0.2, 0) is 9.59 Å². The van der Waals surface area contributed by atoms with Crippen LogP contribution in [0.2, 0.25) is 0 Å². The summed E-state index contributed by atoms with van der Waals surface area (Å²) in [4.78, 5) is 33.5. The molecule has 3 aliphatic rings. The van der Waals surface area contributed by atoms with Crippen molar-refractivity contribution in [2.75, 3.05) is 38.2 Å². The van der Waals surface area contributed by atoms with Crippen molar-refractivity contribution in [3.05, 3.63) is 65.9 Å². The number of hydrogen-bond acceptors (Lipinski definition) is 5. The number of nitrogens with zero attached hydrogens (tertiary/aromatic N) is 3. The average Bonchev–Trinajstić information content (AvgIpc) is 3.15. The fraction of sp³-hybridized carbons (Fsp3) is 0.407. The van der Waals surface area contributed by atoms with Gasteiger partial charge in [0.2, 0.25) is 0 Å². The number of rotatable bonds is 5. The van der Waals surface area contributed by atoms with Gasteiger partial charge in [-0.3, -0.25) is 14.5 Å². The number of imide groups is 1. The summed E-state index contributed by atoms with van der Waals surface area (Å²) in [5.41, 5.74) is 3.09. The Kier molecular flexibility index (Phi) is 6.07. The number of methoxy groups -OCH3 is 1. The van der Waals surface area contributed by atoms with E-state index < -0.39 is 0 Å². The van der Waals surface area contributed by atoms with Gasteiger partial charge in [-0.05, 0) is 42.7 Å². The molecule has 2 heterocycles. The molecule has 0 N–H and O–H groups in total. The van der Waals surface area contributed by atoms with Gasteiger partial charge in [-0.15, -0.1) is 0 Å². The molecule has 1 saturated carbocycles. The Hall–Kier alpha value is -3.28.